The van der Waals surface area contributed by atoms with Crippen molar-refractivity contribution in [3.63, 3.8) is 0 Å². The first kappa shape index (κ1) is 11.1. The van der Waals surface area contributed by atoms with Gasteiger partial charge >= 0.3 is 0 Å². The summed E-state index contributed by atoms with van der Waals surface area (Å²) < 4.78 is 6.07. The lowest BCUT2D eigenvalue weighted by atomic mass is 10.00. The molecule has 0 atom stereocenters. The van der Waals surface area contributed by atoms with E-state index in [2.05, 4.69) is 37.4 Å². The molecule has 1 aromatic carbocycles. The Hall–Kier alpha value is -1.02. The average Bonchev–Trinajstić information content (AvgIpc) is 3.00. The zero-order chi connectivity index (χ0) is 11.9. The molecule has 3 rings (SSSR count). The van der Waals surface area contributed by atoms with Crippen LogP contribution >= 0.6 is 0 Å². The first-order valence-electron chi connectivity index (χ1n) is 6.67. The quantitative estimate of drug-likeness (QED) is 0.860. The molecule has 1 saturated carbocycles. The van der Waals surface area contributed by atoms with Gasteiger partial charge < -0.3 is 10.1 Å². The summed E-state index contributed by atoms with van der Waals surface area (Å²) in [4.78, 5) is 0. The number of benzene rings is 1. The molecule has 2 heteroatoms. The molecule has 0 amide bonds. The molecule has 1 aromatic rings. The summed E-state index contributed by atoms with van der Waals surface area (Å²) in [6.07, 6.45) is 4.83. The molecule has 1 fully saturated rings. The van der Waals surface area contributed by atoms with Crippen molar-refractivity contribution in [1.29, 1.82) is 0 Å². The van der Waals surface area contributed by atoms with E-state index in [-0.39, 0.29) is 5.60 Å². The standard InChI is InChI=1S/C15H21NO/c1-15(2)10-12-5-3-4-11(14(12)17-15)8-9-16-13-6-7-13/h3-5,13,16H,6-10H2,1-2H3. The molecule has 92 valence electrons. The van der Waals surface area contributed by atoms with E-state index in [9.17, 15) is 0 Å². The highest BCUT2D eigenvalue weighted by atomic mass is 16.5. The van der Waals surface area contributed by atoms with E-state index in [0.717, 1.165) is 31.2 Å². The predicted octanol–water partition coefficient (Wildman–Crippen LogP) is 2.69. The number of fused-ring (bicyclic) bond motifs is 1. The fourth-order valence-electron chi connectivity index (χ4n) is 2.57. The summed E-state index contributed by atoms with van der Waals surface area (Å²) in [5, 5.41) is 3.56. The zero-order valence-electron chi connectivity index (χ0n) is 10.8. The Balaban J connectivity index is 1.70. The SMILES string of the molecule is CC1(C)Cc2cccc(CCNC3CC3)c2O1. The van der Waals surface area contributed by atoms with Crippen LogP contribution in [0.3, 0.4) is 0 Å². The van der Waals surface area contributed by atoms with Gasteiger partial charge in [0.1, 0.15) is 11.4 Å². The van der Waals surface area contributed by atoms with E-state index >= 15 is 0 Å². The summed E-state index contributed by atoms with van der Waals surface area (Å²) >= 11 is 0. The van der Waals surface area contributed by atoms with Gasteiger partial charge in [0, 0.05) is 12.5 Å². The van der Waals surface area contributed by atoms with Crippen molar-refractivity contribution in [1.82, 2.24) is 5.32 Å². The molecule has 0 saturated heterocycles. The summed E-state index contributed by atoms with van der Waals surface area (Å²) in [7, 11) is 0. The van der Waals surface area contributed by atoms with E-state index in [1.54, 1.807) is 0 Å². The molecule has 0 radical (unpaired) electrons. The number of ether oxygens (including phenoxy) is 1. The molecular weight excluding hydrogens is 210 g/mol. The van der Waals surface area contributed by atoms with Gasteiger partial charge in [-0.25, -0.2) is 0 Å². The molecule has 0 bridgehead atoms. The second-order valence-corrected chi connectivity index (χ2v) is 5.92. The maximum absolute atomic E-state index is 6.07. The molecule has 2 nitrogen and oxygen atoms in total. The third-order valence-electron chi connectivity index (χ3n) is 3.58. The Labute approximate surface area is 103 Å². The number of rotatable bonds is 4. The van der Waals surface area contributed by atoms with Gasteiger partial charge in [0.2, 0.25) is 0 Å². The third kappa shape index (κ3) is 2.47. The van der Waals surface area contributed by atoms with Crippen molar-refractivity contribution in [2.75, 3.05) is 6.54 Å². The molecular formula is C15H21NO. The summed E-state index contributed by atoms with van der Waals surface area (Å²) in [5.41, 5.74) is 2.71. The van der Waals surface area contributed by atoms with Crippen LogP contribution in [0.1, 0.15) is 37.8 Å². The molecule has 0 aromatic heterocycles. The van der Waals surface area contributed by atoms with E-state index in [1.807, 2.05) is 0 Å². The van der Waals surface area contributed by atoms with Crippen molar-refractivity contribution >= 4 is 0 Å². The van der Waals surface area contributed by atoms with Crippen LogP contribution in [0, 0.1) is 0 Å². The topological polar surface area (TPSA) is 21.3 Å². The minimum atomic E-state index is -0.0254. The summed E-state index contributed by atoms with van der Waals surface area (Å²) in [6.45, 7) is 5.41. The fourth-order valence-corrected chi connectivity index (χ4v) is 2.57. The largest absolute Gasteiger partial charge is 0.487 e. The second kappa shape index (κ2) is 4.02. The molecule has 0 spiro atoms. The van der Waals surface area contributed by atoms with Gasteiger partial charge in [-0.3, -0.25) is 0 Å². The molecule has 1 heterocycles. The molecule has 0 unspecified atom stereocenters. The van der Waals surface area contributed by atoms with Gasteiger partial charge in [0.15, 0.2) is 0 Å². The average molecular weight is 231 g/mol. The Morgan fingerprint density at radius 2 is 2.18 bits per heavy atom. The third-order valence-corrected chi connectivity index (χ3v) is 3.58. The number of hydrogen-bond donors (Lipinski definition) is 1. The maximum atomic E-state index is 6.07. The van der Waals surface area contributed by atoms with Crippen LogP contribution < -0.4 is 10.1 Å². The highest BCUT2D eigenvalue weighted by Crippen LogP contribution is 2.37. The molecule has 1 aliphatic carbocycles. The number of para-hydroxylation sites is 1. The van der Waals surface area contributed by atoms with Gasteiger partial charge in [-0.15, -0.1) is 0 Å². The van der Waals surface area contributed by atoms with Crippen LogP contribution in [0.15, 0.2) is 18.2 Å². The van der Waals surface area contributed by atoms with Gasteiger partial charge in [0.05, 0.1) is 0 Å². The summed E-state index contributed by atoms with van der Waals surface area (Å²) in [5.74, 6) is 1.15. The Morgan fingerprint density at radius 1 is 1.35 bits per heavy atom. The van der Waals surface area contributed by atoms with Gasteiger partial charge in [-0.05, 0) is 50.8 Å². The van der Waals surface area contributed by atoms with Crippen LogP contribution in [0.25, 0.3) is 0 Å². The predicted molar refractivity (Wildman–Crippen MR) is 69.6 cm³/mol. The fraction of sp³-hybridized carbons (Fsp3) is 0.600. The van der Waals surface area contributed by atoms with E-state index in [1.165, 1.54) is 24.0 Å². The van der Waals surface area contributed by atoms with Crippen molar-refractivity contribution in [2.45, 2.75) is 51.2 Å². The Morgan fingerprint density at radius 3 is 2.94 bits per heavy atom. The van der Waals surface area contributed by atoms with Crippen LogP contribution in [-0.2, 0) is 12.8 Å². The van der Waals surface area contributed by atoms with Crippen molar-refractivity contribution in [3.8, 4) is 5.75 Å². The highest BCUT2D eigenvalue weighted by Gasteiger charge is 2.31. The number of hydrogen-bond acceptors (Lipinski definition) is 2. The maximum Gasteiger partial charge on any atom is 0.126 e. The monoisotopic (exact) mass is 231 g/mol. The van der Waals surface area contributed by atoms with Crippen molar-refractivity contribution in [3.05, 3.63) is 29.3 Å². The first-order valence-corrected chi connectivity index (χ1v) is 6.67. The van der Waals surface area contributed by atoms with E-state index < -0.39 is 0 Å². The first-order chi connectivity index (χ1) is 8.14. The highest BCUT2D eigenvalue weighted by molar-refractivity contribution is 5.45. The minimum Gasteiger partial charge on any atom is -0.487 e. The summed E-state index contributed by atoms with van der Waals surface area (Å²) in [6, 6.07) is 7.36. The molecule has 17 heavy (non-hydrogen) atoms. The molecule has 2 aliphatic rings. The molecule has 1 aliphatic heterocycles. The van der Waals surface area contributed by atoms with Gasteiger partial charge in [-0.1, -0.05) is 18.2 Å². The van der Waals surface area contributed by atoms with Crippen molar-refractivity contribution < 1.29 is 4.74 Å². The van der Waals surface area contributed by atoms with Gasteiger partial charge in [0.25, 0.3) is 0 Å². The van der Waals surface area contributed by atoms with Crippen LogP contribution in [-0.4, -0.2) is 18.2 Å². The zero-order valence-corrected chi connectivity index (χ0v) is 10.8. The van der Waals surface area contributed by atoms with Gasteiger partial charge in [-0.2, -0.15) is 0 Å². The number of nitrogens with one attached hydrogen (secondary N) is 1. The molecule has 1 N–H and O–H groups in total. The lowest BCUT2D eigenvalue weighted by molar-refractivity contribution is 0.137. The lowest BCUT2D eigenvalue weighted by Gasteiger charge is -2.18. The van der Waals surface area contributed by atoms with Crippen LogP contribution in [0.5, 0.6) is 5.75 Å². The van der Waals surface area contributed by atoms with Crippen LogP contribution in [0.2, 0.25) is 0 Å². The van der Waals surface area contributed by atoms with E-state index in [4.69, 9.17) is 4.74 Å². The lowest BCUT2D eigenvalue weighted by Crippen LogP contribution is -2.25. The second-order valence-electron chi connectivity index (χ2n) is 5.92. The van der Waals surface area contributed by atoms with Crippen LogP contribution in [0.4, 0.5) is 0 Å². The minimum absolute atomic E-state index is 0.0254. The Bertz CT molecular complexity index is 421. The smallest absolute Gasteiger partial charge is 0.126 e. The van der Waals surface area contributed by atoms with E-state index in [0.29, 0.717) is 0 Å². The van der Waals surface area contributed by atoms with Crippen molar-refractivity contribution in [2.24, 2.45) is 0 Å². The Kier molecular flexibility index (Phi) is 2.62. The normalized spacial score (nSPS) is 21.1.